The first-order valence-corrected chi connectivity index (χ1v) is 4.30. The molecule has 0 N–H and O–H groups in total. The lowest BCUT2D eigenvalue weighted by atomic mass is 10.1. The molecule has 14 heavy (non-hydrogen) atoms. The van der Waals surface area contributed by atoms with E-state index >= 15 is 0 Å². The van der Waals surface area contributed by atoms with Gasteiger partial charge in [0.05, 0.1) is 5.56 Å². The number of nitrogens with zero attached hydrogens (tertiary/aromatic N) is 1. The molecule has 0 spiro atoms. The largest absolute Gasteiger partial charge is 0.620 e. The van der Waals surface area contributed by atoms with Gasteiger partial charge in [0.15, 0.2) is 0 Å². The van der Waals surface area contributed by atoms with Crippen LogP contribution in [0.3, 0.4) is 0 Å². The van der Waals surface area contributed by atoms with Crippen molar-refractivity contribution in [1.82, 2.24) is 0 Å². The number of hydrogen-bond donors (Lipinski definition) is 0. The molecule has 1 heterocycles. The molecule has 72 valence electrons. The van der Waals surface area contributed by atoms with Crippen molar-refractivity contribution in [1.29, 1.82) is 0 Å². The molecular formula is C10H9NO3. The number of ether oxygens (including phenoxy) is 1. The maximum atomic E-state index is 11.4. The van der Waals surface area contributed by atoms with Crippen LogP contribution in [0.4, 0.5) is 0 Å². The summed E-state index contributed by atoms with van der Waals surface area (Å²) in [5, 5.41) is 11.4. The molecule has 0 saturated carbocycles. The zero-order chi connectivity index (χ0) is 10.1. The van der Waals surface area contributed by atoms with Crippen LogP contribution in [0.1, 0.15) is 12.5 Å². The van der Waals surface area contributed by atoms with Gasteiger partial charge in [-0.25, -0.2) is 4.79 Å². The summed E-state index contributed by atoms with van der Waals surface area (Å²) in [6.07, 6.45) is -0.724. The van der Waals surface area contributed by atoms with Crippen molar-refractivity contribution in [3.63, 3.8) is 0 Å². The zero-order valence-corrected chi connectivity index (χ0v) is 7.64. The first kappa shape index (κ1) is 8.74. The number of hydroxylamine groups is 1. The van der Waals surface area contributed by atoms with Crippen molar-refractivity contribution in [3.05, 3.63) is 41.1 Å². The van der Waals surface area contributed by atoms with Crippen molar-refractivity contribution in [2.45, 2.75) is 13.2 Å². The lowest BCUT2D eigenvalue weighted by molar-refractivity contribution is -0.528. The van der Waals surface area contributed by atoms with E-state index in [1.165, 1.54) is 0 Å². The minimum absolute atomic E-state index is 0.0816. The fourth-order valence-electron chi connectivity index (χ4n) is 1.37. The maximum Gasteiger partial charge on any atom is 0.410 e. The molecule has 4 nitrogen and oxygen atoms in total. The van der Waals surface area contributed by atoms with Gasteiger partial charge in [-0.2, -0.15) is 4.74 Å². The van der Waals surface area contributed by atoms with Crippen LogP contribution >= 0.6 is 0 Å². The van der Waals surface area contributed by atoms with E-state index in [-0.39, 0.29) is 5.71 Å². The molecule has 0 amide bonds. The Morgan fingerprint density at radius 3 is 2.50 bits per heavy atom. The Morgan fingerprint density at radius 1 is 1.36 bits per heavy atom. The lowest BCUT2D eigenvalue weighted by Crippen LogP contribution is -2.18. The second-order valence-corrected chi connectivity index (χ2v) is 3.05. The predicted molar refractivity (Wildman–Crippen MR) is 49.7 cm³/mol. The molecule has 1 aromatic carbocycles. The van der Waals surface area contributed by atoms with Crippen LogP contribution in [-0.2, 0) is 9.53 Å². The van der Waals surface area contributed by atoms with Gasteiger partial charge in [0.25, 0.3) is 0 Å². The summed E-state index contributed by atoms with van der Waals surface area (Å²) in [6, 6.07) is 8.78. The van der Waals surface area contributed by atoms with E-state index in [9.17, 15) is 10.0 Å². The molecule has 0 unspecified atom stereocenters. The van der Waals surface area contributed by atoms with Gasteiger partial charge in [-0.15, -0.1) is 0 Å². The molecule has 0 radical (unpaired) electrons. The van der Waals surface area contributed by atoms with Crippen molar-refractivity contribution in [3.8, 4) is 0 Å². The second-order valence-electron chi connectivity index (χ2n) is 3.05. The number of rotatable bonds is 1. The molecule has 0 saturated heterocycles. The Hall–Kier alpha value is -1.84. The van der Waals surface area contributed by atoms with Gasteiger partial charge in [-0.05, 0) is 12.1 Å². The smallest absolute Gasteiger partial charge is 0.410 e. The Labute approximate surface area is 81.0 Å². The number of cyclic esters (lactones) is 1. The highest BCUT2D eigenvalue weighted by Crippen LogP contribution is 2.11. The fraction of sp³-hybridized carbons (Fsp3) is 0.200. The summed E-state index contributed by atoms with van der Waals surface area (Å²) in [5.74, 6) is -0.557. The Bertz CT molecular complexity index is 397. The monoisotopic (exact) mass is 191 g/mol. The lowest BCUT2D eigenvalue weighted by Gasteiger charge is -2.02. The van der Waals surface area contributed by atoms with E-state index in [0.29, 0.717) is 10.3 Å². The molecule has 0 aliphatic carbocycles. The molecule has 2 rings (SSSR count). The second kappa shape index (κ2) is 3.14. The van der Waals surface area contributed by atoms with Gasteiger partial charge in [0.1, 0.15) is 0 Å². The molecule has 0 bridgehead atoms. The number of hydrogen-bond acceptors (Lipinski definition) is 3. The van der Waals surface area contributed by atoms with Gasteiger partial charge in [0.2, 0.25) is 0 Å². The molecule has 1 atom stereocenters. The van der Waals surface area contributed by atoms with Crippen LogP contribution in [0, 0.1) is 5.21 Å². The van der Waals surface area contributed by atoms with E-state index < -0.39 is 12.2 Å². The van der Waals surface area contributed by atoms with Crippen LogP contribution in [0.5, 0.6) is 0 Å². The van der Waals surface area contributed by atoms with Gasteiger partial charge in [-0.1, -0.05) is 18.2 Å². The average molecular weight is 191 g/mol. The van der Waals surface area contributed by atoms with Crippen molar-refractivity contribution >= 4 is 11.7 Å². The summed E-state index contributed by atoms with van der Waals surface area (Å²) in [6.45, 7) is 1.54. The third kappa shape index (κ3) is 1.25. The van der Waals surface area contributed by atoms with Gasteiger partial charge in [-0.3, -0.25) is 0 Å². The minimum Gasteiger partial charge on any atom is -0.620 e. The molecule has 4 heteroatoms. The zero-order valence-electron chi connectivity index (χ0n) is 7.64. The van der Waals surface area contributed by atoms with Crippen LogP contribution < -0.4 is 0 Å². The first-order chi connectivity index (χ1) is 6.70. The summed E-state index contributed by atoms with van der Waals surface area (Å²) in [4.78, 5) is 11.3. The maximum absolute atomic E-state index is 11.4. The molecule has 1 aromatic rings. The number of esters is 1. The van der Waals surface area contributed by atoms with Crippen LogP contribution in [0.25, 0.3) is 0 Å². The van der Waals surface area contributed by atoms with Gasteiger partial charge in [0, 0.05) is 6.92 Å². The summed E-state index contributed by atoms with van der Waals surface area (Å²) in [5.41, 5.74) is 0.676. The van der Waals surface area contributed by atoms with E-state index in [1.54, 1.807) is 31.2 Å². The molecular weight excluding hydrogens is 182 g/mol. The van der Waals surface area contributed by atoms with Crippen LogP contribution in [-0.4, -0.2) is 22.6 Å². The van der Waals surface area contributed by atoms with E-state index in [4.69, 9.17) is 4.74 Å². The molecule has 1 aliphatic heterocycles. The van der Waals surface area contributed by atoms with E-state index in [2.05, 4.69) is 0 Å². The Balaban J connectivity index is 2.49. The Kier molecular flexibility index (Phi) is 1.96. The predicted octanol–water partition coefficient (Wildman–Crippen LogP) is 0.889. The Morgan fingerprint density at radius 2 is 2.00 bits per heavy atom. The standard InChI is InChI=1S/C10H9NO3/c1-7-11(13)9(10(12)14-7)8-5-3-2-4-6-8/h2-7H,1H3/t7-/m1/s1. The quantitative estimate of drug-likeness (QED) is 0.376. The topological polar surface area (TPSA) is 52.4 Å². The number of carbonyl (C=O) groups excluding carboxylic acids is 1. The number of benzene rings is 1. The van der Waals surface area contributed by atoms with Crippen LogP contribution in [0.2, 0.25) is 0 Å². The highest BCUT2D eigenvalue weighted by atomic mass is 16.6. The minimum atomic E-state index is -0.724. The normalized spacial score (nSPS) is 21.2. The van der Waals surface area contributed by atoms with Crippen molar-refractivity contribution in [2.75, 3.05) is 0 Å². The van der Waals surface area contributed by atoms with Gasteiger partial charge >= 0.3 is 17.9 Å². The van der Waals surface area contributed by atoms with E-state index in [0.717, 1.165) is 0 Å². The molecule has 0 fully saturated rings. The third-order valence-corrected chi connectivity index (χ3v) is 2.07. The van der Waals surface area contributed by atoms with Crippen molar-refractivity contribution < 1.29 is 14.3 Å². The summed E-state index contributed by atoms with van der Waals surface area (Å²) >= 11 is 0. The SMILES string of the molecule is C[C@H]1OC(=O)C(c2ccccc2)=[N+]1[O-]. The van der Waals surface area contributed by atoms with E-state index in [1.807, 2.05) is 6.07 Å². The summed E-state index contributed by atoms with van der Waals surface area (Å²) < 4.78 is 5.37. The van der Waals surface area contributed by atoms with Crippen molar-refractivity contribution in [2.24, 2.45) is 0 Å². The average Bonchev–Trinajstić information content (AvgIpc) is 2.43. The van der Waals surface area contributed by atoms with Gasteiger partial charge < -0.3 is 9.94 Å². The number of carbonyl (C=O) groups is 1. The fourth-order valence-corrected chi connectivity index (χ4v) is 1.37. The molecule has 1 aliphatic rings. The highest BCUT2D eigenvalue weighted by molar-refractivity contribution is 6.41. The first-order valence-electron chi connectivity index (χ1n) is 4.30. The highest BCUT2D eigenvalue weighted by Gasteiger charge is 2.36. The molecule has 0 aromatic heterocycles. The van der Waals surface area contributed by atoms with Crippen LogP contribution in [0.15, 0.2) is 30.3 Å². The summed E-state index contributed by atoms with van der Waals surface area (Å²) in [7, 11) is 0. The third-order valence-electron chi connectivity index (χ3n) is 2.07.